The van der Waals surface area contributed by atoms with Gasteiger partial charge in [-0.3, -0.25) is 9.59 Å². The number of ether oxygens (including phenoxy) is 1. The van der Waals surface area contributed by atoms with E-state index in [0.717, 1.165) is 9.13 Å². The molecule has 2 N–H and O–H groups in total. The Hall–Kier alpha value is -2.42. The van der Waals surface area contributed by atoms with Crippen LogP contribution >= 0.6 is 22.6 Å². The average molecular weight is 466 g/mol. The standard InChI is InChI=1S/C19H19IN2O4/c1-12(23)21-16-8-4-6-14(11-16)18(24)22-17(19(25)26-2)10-13-5-3-7-15(20)9-13/h3-9,11,17H,10H2,1-2H3,(H,21,23)(H,22,24)/t17-/m1/s1. The number of hydrogen-bond donors (Lipinski definition) is 2. The molecule has 0 aliphatic rings. The second-order valence-electron chi connectivity index (χ2n) is 5.65. The third kappa shape index (κ3) is 5.83. The summed E-state index contributed by atoms with van der Waals surface area (Å²) in [7, 11) is 1.29. The summed E-state index contributed by atoms with van der Waals surface area (Å²) in [6, 6.07) is 13.4. The van der Waals surface area contributed by atoms with Gasteiger partial charge >= 0.3 is 5.97 Å². The molecule has 0 spiro atoms. The van der Waals surface area contributed by atoms with Gasteiger partial charge in [-0.2, -0.15) is 0 Å². The summed E-state index contributed by atoms with van der Waals surface area (Å²) < 4.78 is 5.86. The van der Waals surface area contributed by atoms with E-state index < -0.39 is 17.9 Å². The van der Waals surface area contributed by atoms with E-state index in [4.69, 9.17) is 4.74 Å². The third-order valence-electron chi connectivity index (χ3n) is 3.57. The number of amides is 2. The quantitative estimate of drug-likeness (QED) is 0.507. The van der Waals surface area contributed by atoms with Crippen LogP contribution in [0.25, 0.3) is 0 Å². The van der Waals surface area contributed by atoms with Crippen molar-refractivity contribution in [3.63, 3.8) is 0 Å². The molecule has 0 saturated heterocycles. The van der Waals surface area contributed by atoms with Crippen LogP contribution in [-0.4, -0.2) is 30.9 Å². The van der Waals surface area contributed by atoms with Crippen LogP contribution in [-0.2, 0) is 20.7 Å². The number of carbonyl (C=O) groups excluding carboxylic acids is 3. The SMILES string of the molecule is COC(=O)[C@@H](Cc1cccc(I)c1)NC(=O)c1cccc(NC(C)=O)c1. The Morgan fingerprint density at radius 1 is 1.12 bits per heavy atom. The van der Waals surface area contributed by atoms with Crippen molar-refractivity contribution in [1.29, 1.82) is 0 Å². The molecule has 7 heteroatoms. The molecule has 0 aliphatic carbocycles. The molecule has 6 nitrogen and oxygen atoms in total. The smallest absolute Gasteiger partial charge is 0.328 e. The zero-order valence-corrected chi connectivity index (χ0v) is 16.6. The van der Waals surface area contributed by atoms with Crippen LogP contribution in [0.1, 0.15) is 22.8 Å². The fourth-order valence-corrected chi connectivity index (χ4v) is 3.03. The van der Waals surface area contributed by atoms with Gasteiger partial charge in [-0.25, -0.2) is 4.79 Å². The Morgan fingerprint density at radius 3 is 2.50 bits per heavy atom. The van der Waals surface area contributed by atoms with Crippen molar-refractivity contribution in [3.8, 4) is 0 Å². The summed E-state index contributed by atoms with van der Waals surface area (Å²) in [5, 5.41) is 5.33. The molecule has 136 valence electrons. The summed E-state index contributed by atoms with van der Waals surface area (Å²) in [5.41, 5.74) is 1.77. The van der Waals surface area contributed by atoms with Gasteiger partial charge in [0.1, 0.15) is 6.04 Å². The molecule has 2 aromatic rings. The van der Waals surface area contributed by atoms with Crippen molar-refractivity contribution in [3.05, 3.63) is 63.2 Å². The molecule has 26 heavy (non-hydrogen) atoms. The minimum atomic E-state index is -0.810. The number of carbonyl (C=O) groups is 3. The first-order valence-corrected chi connectivity index (χ1v) is 8.97. The van der Waals surface area contributed by atoms with Crippen molar-refractivity contribution in [2.75, 3.05) is 12.4 Å². The lowest BCUT2D eigenvalue weighted by Gasteiger charge is -2.17. The van der Waals surface area contributed by atoms with E-state index in [-0.39, 0.29) is 5.91 Å². The number of benzene rings is 2. The molecule has 0 aromatic heterocycles. The van der Waals surface area contributed by atoms with Crippen LogP contribution in [0.5, 0.6) is 0 Å². The van der Waals surface area contributed by atoms with Gasteiger partial charge in [0, 0.05) is 28.2 Å². The van der Waals surface area contributed by atoms with Gasteiger partial charge in [-0.15, -0.1) is 0 Å². The Balaban J connectivity index is 2.16. The monoisotopic (exact) mass is 466 g/mol. The van der Waals surface area contributed by atoms with E-state index in [1.54, 1.807) is 24.3 Å². The van der Waals surface area contributed by atoms with Crippen LogP contribution in [0.3, 0.4) is 0 Å². The lowest BCUT2D eigenvalue weighted by Crippen LogP contribution is -2.43. The molecule has 0 saturated carbocycles. The van der Waals surface area contributed by atoms with E-state index >= 15 is 0 Å². The van der Waals surface area contributed by atoms with Gasteiger partial charge in [0.2, 0.25) is 5.91 Å². The molecule has 2 rings (SSSR count). The van der Waals surface area contributed by atoms with E-state index in [1.165, 1.54) is 14.0 Å². The highest BCUT2D eigenvalue weighted by Gasteiger charge is 2.23. The number of anilines is 1. The number of hydrogen-bond acceptors (Lipinski definition) is 4. The maximum Gasteiger partial charge on any atom is 0.328 e. The van der Waals surface area contributed by atoms with Crippen molar-refractivity contribution in [2.24, 2.45) is 0 Å². The molecule has 0 fully saturated rings. The highest BCUT2D eigenvalue weighted by molar-refractivity contribution is 14.1. The van der Waals surface area contributed by atoms with Crippen molar-refractivity contribution < 1.29 is 19.1 Å². The molecule has 0 radical (unpaired) electrons. The van der Waals surface area contributed by atoms with E-state index in [1.807, 2.05) is 24.3 Å². The summed E-state index contributed by atoms with van der Waals surface area (Å²) in [4.78, 5) is 35.8. The van der Waals surface area contributed by atoms with Gasteiger partial charge in [-0.05, 0) is 58.5 Å². The Kier molecular flexibility index (Phi) is 7.14. The zero-order chi connectivity index (χ0) is 19.1. The van der Waals surface area contributed by atoms with Crippen LogP contribution in [0, 0.1) is 3.57 Å². The molecule has 0 heterocycles. The molecule has 2 amide bonds. The zero-order valence-electron chi connectivity index (χ0n) is 14.4. The first-order valence-electron chi connectivity index (χ1n) is 7.90. The second kappa shape index (κ2) is 9.33. The van der Waals surface area contributed by atoms with Crippen molar-refractivity contribution >= 4 is 46.1 Å². The van der Waals surface area contributed by atoms with Crippen LogP contribution in [0.15, 0.2) is 48.5 Å². The average Bonchev–Trinajstić information content (AvgIpc) is 2.60. The summed E-state index contributed by atoms with van der Waals surface area (Å²) >= 11 is 2.19. The van der Waals surface area contributed by atoms with Gasteiger partial charge in [0.05, 0.1) is 7.11 Å². The number of nitrogens with one attached hydrogen (secondary N) is 2. The van der Waals surface area contributed by atoms with E-state index in [2.05, 4.69) is 33.2 Å². The van der Waals surface area contributed by atoms with Gasteiger partial charge < -0.3 is 15.4 Å². The topological polar surface area (TPSA) is 84.5 Å². The Morgan fingerprint density at radius 2 is 1.85 bits per heavy atom. The van der Waals surface area contributed by atoms with Crippen molar-refractivity contribution in [2.45, 2.75) is 19.4 Å². The van der Waals surface area contributed by atoms with Crippen molar-refractivity contribution in [1.82, 2.24) is 5.32 Å². The number of esters is 1. The summed E-state index contributed by atoms with van der Waals surface area (Å²) in [6.45, 7) is 1.39. The molecule has 2 aromatic carbocycles. The highest BCUT2D eigenvalue weighted by Crippen LogP contribution is 2.13. The summed E-state index contributed by atoms with van der Waals surface area (Å²) in [5.74, 6) is -1.16. The minimum absolute atomic E-state index is 0.228. The Bertz CT molecular complexity index is 823. The first-order chi connectivity index (χ1) is 12.4. The fraction of sp³-hybridized carbons (Fsp3) is 0.211. The van der Waals surface area contributed by atoms with Crippen LogP contribution in [0.2, 0.25) is 0 Å². The minimum Gasteiger partial charge on any atom is -0.467 e. The first kappa shape index (κ1) is 19.9. The number of methoxy groups -OCH3 is 1. The maximum atomic E-state index is 12.5. The summed E-state index contributed by atoms with van der Waals surface area (Å²) in [6.07, 6.45) is 0.320. The molecule has 0 aliphatic heterocycles. The van der Waals surface area contributed by atoms with E-state index in [0.29, 0.717) is 17.7 Å². The van der Waals surface area contributed by atoms with Gasteiger partial charge in [0.25, 0.3) is 5.91 Å². The lowest BCUT2D eigenvalue weighted by molar-refractivity contribution is -0.142. The Labute approximate surface area is 165 Å². The lowest BCUT2D eigenvalue weighted by atomic mass is 10.1. The predicted octanol–water partition coefficient (Wildman–Crippen LogP) is 2.76. The molecule has 0 bridgehead atoms. The molecular formula is C19H19IN2O4. The molecule has 0 unspecified atom stereocenters. The molecule has 1 atom stereocenters. The largest absolute Gasteiger partial charge is 0.467 e. The third-order valence-corrected chi connectivity index (χ3v) is 4.24. The number of halogens is 1. The van der Waals surface area contributed by atoms with Gasteiger partial charge in [-0.1, -0.05) is 18.2 Å². The second-order valence-corrected chi connectivity index (χ2v) is 6.89. The normalized spacial score (nSPS) is 11.3. The van der Waals surface area contributed by atoms with Crippen LogP contribution < -0.4 is 10.6 Å². The maximum absolute atomic E-state index is 12.5. The fourth-order valence-electron chi connectivity index (χ4n) is 2.42. The highest BCUT2D eigenvalue weighted by atomic mass is 127. The van der Waals surface area contributed by atoms with Gasteiger partial charge in [0.15, 0.2) is 0 Å². The van der Waals surface area contributed by atoms with E-state index in [9.17, 15) is 14.4 Å². The van der Waals surface area contributed by atoms with Crippen LogP contribution in [0.4, 0.5) is 5.69 Å². The number of rotatable bonds is 6. The molecular weight excluding hydrogens is 447 g/mol. The predicted molar refractivity (Wildman–Crippen MR) is 107 cm³/mol.